The predicted molar refractivity (Wildman–Crippen MR) is 86.7 cm³/mol. The highest BCUT2D eigenvalue weighted by Gasteiger charge is 2.26. The Morgan fingerprint density at radius 1 is 1.29 bits per heavy atom. The molecule has 0 bridgehead atoms. The van der Waals surface area contributed by atoms with E-state index < -0.39 is 0 Å². The number of benzene rings is 1. The van der Waals surface area contributed by atoms with E-state index in [2.05, 4.69) is 6.92 Å². The second kappa shape index (κ2) is 7.48. The first-order valence-electron chi connectivity index (χ1n) is 8.13. The third-order valence-electron chi connectivity index (χ3n) is 4.70. The fourth-order valence-corrected chi connectivity index (χ4v) is 3.33. The summed E-state index contributed by atoms with van der Waals surface area (Å²) in [4.78, 5) is 12.6. The van der Waals surface area contributed by atoms with E-state index in [4.69, 9.17) is 10.5 Å². The van der Waals surface area contributed by atoms with Gasteiger partial charge in [0.05, 0.1) is 12.8 Å². The lowest BCUT2D eigenvalue weighted by atomic mass is 9.77. The van der Waals surface area contributed by atoms with Gasteiger partial charge in [0.25, 0.3) is 0 Å². The van der Waals surface area contributed by atoms with Crippen LogP contribution in [0.2, 0.25) is 0 Å². The highest BCUT2D eigenvalue weighted by Crippen LogP contribution is 2.34. The summed E-state index contributed by atoms with van der Waals surface area (Å²) in [5.74, 6) is 1.89. The molecule has 0 unspecified atom stereocenters. The highest BCUT2D eigenvalue weighted by atomic mass is 16.5. The molecular formula is C18H27NO2. The largest absolute Gasteiger partial charge is 0.495 e. The number of hydrogen-bond donors (Lipinski definition) is 1. The molecule has 1 aliphatic carbocycles. The Bertz CT molecular complexity index is 476. The van der Waals surface area contributed by atoms with Crippen LogP contribution >= 0.6 is 0 Å². The van der Waals surface area contributed by atoms with Crippen molar-refractivity contribution in [3.63, 3.8) is 0 Å². The van der Waals surface area contributed by atoms with Gasteiger partial charge >= 0.3 is 0 Å². The molecule has 0 aliphatic heterocycles. The lowest BCUT2D eigenvalue weighted by molar-refractivity contribution is 0.0869. The van der Waals surface area contributed by atoms with Gasteiger partial charge in [0.2, 0.25) is 0 Å². The molecule has 0 spiro atoms. The van der Waals surface area contributed by atoms with Crippen molar-refractivity contribution in [1.82, 2.24) is 0 Å². The Kier molecular flexibility index (Phi) is 5.66. The molecule has 0 radical (unpaired) electrons. The Morgan fingerprint density at radius 3 is 2.57 bits per heavy atom. The van der Waals surface area contributed by atoms with Crippen LogP contribution in [0.5, 0.6) is 5.75 Å². The van der Waals surface area contributed by atoms with E-state index in [0.29, 0.717) is 11.4 Å². The number of ketones is 1. The van der Waals surface area contributed by atoms with Crippen LogP contribution in [-0.2, 0) is 0 Å². The third kappa shape index (κ3) is 3.99. The summed E-state index contributed by atoms with van der Waals surface area (Å²) >= 11 is 0. The van der Waals surface area contributed by atoms with Crippen LogP contribution < -0.4 is 10.5 Å². The van der Waals surface area contributed by atoms with Crippen molar-refractivity contribution in [1.29, 1.82) is 0 Å². The van der Waals surface area contributed by atoms with Crippen molar-refractivity contribution in [3.8, 4) is 5.75 Å². The van der Waals surface area contributed by atoms with Crippen LogP contribution in [0.25, 0.3) is 0 Å². The zero-order valence-corrected chi connectivity index (χ0v) is 13.2. The summed E-state index contributed by atoms with van der Waals surface area (Å²) < 4.78 is 5.14. The predicted octanol–water partition coefficient (Wildman–Crippen LogP) is 4.46. The van der Waals surface area contributed by atoms with Crippen LogP contribution in [0.4, 0.5) is 5.69 Å². The molecule has 0 saturated heterocycles. The van der Waals surface area contributed by atoms with Gasteiger partial charge in [-0.3, -0.25) is 4.79 Å². The van der Waals surface area contributed by atoms with E-state index in [-0.39, 0.29) is 11.7 Å². The molecule has 2 rings (SSSR count). The van der Waals surface area contributed by atoms with E-state index in [9.17, 15) is 4.79 Å². The van der Waals surface area contributed by atoms with Crippen LogP contribution in [-0.4, -0.2) is 12.9 Å². The molecule has 1 aromatic rings. The van der Waals surface area contributed by atoms with Crippen molar-refractivity contribution in [2.45, 2.75) is 51.9 Å². The standard InChI is InChI=1S/C18H27NO2/c1-3-4-5-13-6-8-14(9-7-13)18(20)15-10-11-17(21-2)16(19)12-15/h10-14H,3-9,19H2,1-2H3. The van der Waals surface area contributed by atoms with Gasteiger partial charge in [-0.2, -0.15) is 0 Å². The van der Waals surface area contributed by atoms with Gasteiger partial charge in [-0.15, -0.1) is 0 Å². The summed E-state index contributed by atoms with van der Waals surface area (Å²) in [6.07, 6.45) is 8.36. The topological polar surface area (TPSA) is 52.3 Å². The number of nitrogen functional groups attached to an aromatic ring is 1. The smallest absolute Gasteiger partial charge is 0.166 e. The number of rotatable bonds is 6. The van der Waals surface area contributed by atoms with Gasteiger partial charge in [-0.25, -0.2) is 0 Å². The van der Waals surface area contributed by atoms with E-state index in [1.54, 1.807) is 19.2 Å². The minimum Gasteiger partial charge on any atom is -0.495 e. The number of nitrogens with two attached hydrogens (primary N) is 1. The average Bonchev–Trinajstić information content (AvgIpc) is 2.52. The first-order valence-corrected chi connectivity index (χ1v) is 8.13. The SMILES string of the molecule is CCCCC1CCC(C(=O)c2ccc(OC)c(N)c2)CC1. The molecule has 3 heteroatoms. The number of hydrogen-bond acceptors (Lipinski definition) is 3. The Balaban J connectivity index is 1.94. The van der Waals surface area contributed by atoms with Gasteiger partial charge in [0.1, 0.15) is 5.75 Å². The van der Waals surface area contributed by atoms with E-state index in [1.165, 1.54) is 32.1 Å². The maximum atomic E-state index is 12.6. The molecule has 2 N–H and O–H groups in total. The number of unbranched alkanes of at least 4 members (excludes halogenated alkanes) is 1. The Morgan fingerprint density at radius 2 is 2.00 bits per heavy atom. The molecule has 1 fully saturated rings. The first kappa shape index (κ1) is 15.9. The fraction of sp³-hybridized carbons (Fsp3) is 0.611. The van der Waals surface area contributed by atoms with Crippen LogP contribution in [0.3, 0.4) is 0 Å². The Hall–Kier alpha value is -1.51. The number of methoxy groups -OCH3 is 1. The van der Waals surface area contributed by atoms with Crippen LogP contribution in [0.15, 0.2) is 18.2 Å². The van der Waals surface area contributed by atoms with Crippen LogP contribution in [0, 0.1) is 11.8 Å². The number of Topliss-reactive ketones (excluding diaryl/α,β-unsaturated/α-hetero) is 1. The van der Waals surface area contributed by atoms with Crippen molar-refractivity contribution in [2.75, 3.05) is 12.8 Å². The summed E-state index contributed by atoms with van der Waals surface area (Å²) in [5, 5.41) is 0. The third-order valence-corrected chi connectivity index (χ3v) is 4.70. The lowest BCUT2D eigenvalue weighted by Gasteiger charge is -2.27. The molecular weight excluding hydrogens is 262 g/mol. The molecule has 0 heterocycles. The molecule has 3 nitrogen and oxygen atoms in total. The summed E-state index contributed by atoms with van der Waals surface area (Å²) in [6, 6.07) is 5.38. The molecule has 1 aliphatic rings. The van der Waals surface area contributed by atoms with Gasteiger partial charge in [-0.05, 0) is 49.8 Å². The van der Waals surface area contributed by atoms with Gasteiger partial charge in [-0.1, -0.05) is 26.2 Å². The van der Waals surface area contributed by atoms with E-state index >= 15 is 0 Å². The number of anilines is 1. The van der Waals surface area contributed by atoms with Crippen molar-refractivity contribution in [3.05, 3.63) is 23.8 Å². The molecule has 0 aromatic heterocycles. The maximum absolute atomic E-state index is 12.6. The monoisotopic (exact) mass is 289 g/mol. The fourth-order valence-electron chi connectivity index (χ4n) is 3.33. The van der Waals surface area contributed by atoms with Gasteiger partial charge in [0, 0.05) is 11.5 Å². The van der Waals surface area contributed by atoms with Crippen molar-refractivity contribution < 1.29 is 9.53 Å². The number of carbonyl (C=O) groups is 1. The number of ether oxygens (including phenoxy) is 1. The van der Waals surface area contributed by atoms with Crippen molar-refractivity contribution >= 4 is 11.5 Å². The molecule has 116 valence electrons. The maximum Gasteiger partial charge on any atom is 0.166 e. The van der Waals surface area contributed by atoms with Crippen LogP contribution in [0.1, 0.15) is 62.2 Å². The quantitative estimate of drug-likeness (QED) is 0.621. The first-order chi connectivity index (χ1) is 10.2. The molecule has 0 amide bonds. The van der Waals surface area contributed by atoms with E-state index in [0.717, 1.165) is 24.3 Å². The minimum absolute atomic E-state index is 0.177. The lowest BCUT2D eigenvalue weighted by Crippen LogP contribution is -2.22. The van der Waals surface area contributed by atoms with Crippen molar-refractivity contribution in [2.24, 2.45) is 11.8 Å². The molecule has 21 heavy (non-hydrogen) atoms. The Labute approximate surface area is 127 Å². The second-order valence-corrected chi connectivity index (χ2v) is 6.18. The molecule has 0 atom stereocenters. The van der Waals surface area contributed by atoms with E-state index in [1.807, 2.05) is 6.07 Å². The normalized spacial score (nSPS) is 22.0. The summed E-state index contributed by atoms with van der Waals surface area (Å²) in [6.45, 7) is 2.24. The highest BCUT2D eigenvalue weighted by molar-refractivity contribution is 5.99. The van der Waals surface area contributed by atoms with Gasteiger partial charge < -0.3 is 10.5 Å². The summed E-state index contributed by atoms with van der Waals surface area (Å²) in [5.41, 5.74) is 7.17. The molecule has 1 aromatic carbocycles. The number of carbonyl (C=O) groups excluding carboxylic acids is 1. The average molecular weight is 289 g/mol. The van der Waals surface area contributed by atoms with Gasteiger partial charge in [0.15, 0.2) is 5.78 Å². The second-order valence-electron chi connectivity index (χ2n) is 6.18. The zero-order chi connectivity index (χ0) is 15.2. The molecule has 1 saturated carbocycles. The summed E-state index contributed by atoms with van der Waals surface area (Å²) in [7, 11) is 1.59. The zero-order valence-electron chi connectivity index (χ0n) is 13.2. The minimum atomic E-state index is 0.177.